The van der Waals surface area contributed by atoms with Crippen molar-refractivity contribution in [1.29, 1.82) is 0 Å². The lowest BCUT2D eigenvalue weighted by atomic mass is 10.0. The largest absolute Gasteiger partial charge is 0.480 e. The molecule has 0 spiro atoms. The molecule has 1 rings (SSSR count). The van der Waals surface area contributed by atoms with Gasteiger partial charge < -0.3 is 15.2 Å². The summed E-state index contributed by atoms with van der Waals surface area (Å²) < 4.78 is 30.4. The molecule has 2 N–H and O–H groups in total. The van der Waals surface area contributed by atoms with E-state index in [1.807, 2.05) is 0 Å². The Hall–Kier alpha value is -1.15. The van der Waals surface area contributed by atoms with Gasteiger partial charge in [-0.05, 0) is 18.8 Å². The summed E-state index contributed by atoms with van der Waals surface area (Å²) in [5.74, 6) is -2.44. The second-order valence-electron chi connectivity index (χ2n) is 6.37. The van der Waals surface area contributed by atoms with Gasteiger partial charge in [0, 0.05) is 7.11 Å². The van der Waals surface area contributed by atoms with Crippen LogP contribution >= 0.6 is 0 Å². The van der Waals surface area contributed by atoms with Crippen molar-refractivity contribution in [1.82, 2.24) is 5.32 Å². The van der Waals surface area contributed by atoms with Crippen LogP contribution in [0, 0.1) is 5.92 Å². The number of nitrogens with one attached hydrogen (secondary N) is 1. The third kappa shape index (κ3) is 5.17. The average Bonchev–Trinajstić information content (AvgIpc) is 2.47. The van der Waals surface area contributed by atoms with Crippen LogP contribution in [0.1, 0.15) is 46.0 Å². The Labute approximate surface area is 137 Å². The number of hydrogen-bond donors (Lipinski definition) is 2. The summed E-state index contributed by atoms with van der Waals surface area (Å²) in [6, 6.07) is -1.25. The maximum atomic E-state index is 12.8. The van der Waals surface area contributed by atoms with Gasteiger partial charge in [0.2, 0.25) is 5.91 Å². The first kappa shape index (κ1) is 19.9. The molecule has 8 heteroatoms. The lowest BCUT2D eigenvalue weighted by Crippen LogP contribution is -2.53. The van der Waals surface area contributed by atoms with Gasteiger partial charge in [0.1, 0.15) is 5.25 Å². The molecule has 1 amide bonds. The van der Waals surface area contributed by atoms with Gasteiger partial charge in [-0.1, -0.05) is 33.1 Å². The summed E-state index contributed by atoms with van der Waals surface area (Å²) in [6.07, 6.45) is 3.84. The van der Waals surface area contributed by atoms with E-state index >= 15 is 0 Å². The van der Waals surface area contributed by atoms with Crippen LogP contribution in [0.3, 0.4) is 0 Å². The molecule has 0 saturated heterocycles. The standard InChI is InChI=1S/C15H27NO6S/c1-10(2)13(14(17)16-12(9-22-3)15(18)19)23(20,21)11-7-5-4-6-8-11/h10-13H,4-9H2,1-3H3,(H,16,17)(H,18,19). The van der Waals surface area contributed by atoms with Gasteiger partial charge in [0.05, 0.1) is 11.9 Å². The molecule has 0 aromatic rings. The quantitative estimate of drug-likeness (QED) is 0.676. The Morgan fingerprint density at radius 2 is 1.78 bits per heavy atom. The molecule has 1 aliphatic rings. The number of sulfone groups is 1. The van der Waals surface area contributed by atoms with Crippen molar-refractivity contribution in [2.75, 3.05) is 13.7 Å². The molecule has 1 saturated carbocycles. The monoisotopic (exact) mass is 349 g/mol. The fraction of sp³-hybridized carbons (Fsp3) is 0.867. The first-order valence-electron chi connectivity index (χ1n) is 7.96. The summed E-state index contributed by atoms with van der Waals surface area (Å²) in [6.45, 7) is 3.11. The lowest BCUT2D eigenvalue weighted by molar-refractivity contribution is -0.143. The number of carboxylic acid groups (broad SMARTS) is 1. The smallest absolute Gasteiger partial charge is 0.328 e. The van der Waals surface area contributed by atoms with Gasteiger partial charge in [0.15, 0.2) is 15.9 Å². The molecular formula is C15H27NO6S. The van der Waals surface area contributed by atoms with Crippen molar-refractivity contribution >= 4 is 21.7 Å². The number of carboxylic acids is 1. The van der Waals surface area contributed by atoms with Crippen LogP contribution in [0.5, 0.6) is 0 Å². The van der Waals surface area contributed by atoms with E-state index in [1.54, 1.807) is 13.8 Å². The number of methoxy groups -OCH3 is 1. The topological polar surface area (TPSA) is 110 Å². The van der Waals surface area contributed by atoms with Crippen molar-refractivity contribution in [2.24, 2.45) is 5.92 Å². The Balaban J connectivity index is 2.95. The number of amides is 1. The third-order valence-corrected chi connectivity index (χ3v) is 7.05. The number of aliphatic carboxylic acids is 1. The molecule has 2 atom stereocenters. The predicted molar refractivity (Wildman–Crippen MR) is 85.9 cm³/mol. The van der Waals surface area contributed by atoms with Crippen LogP contribution in [0.2, 0.25) is 0 Å². The normalized spacial score (nSPS) is 19.3. The minimum Gasteiger partial charge on any atom is -0.480 e. The molecule has 2 unspecified atom stereocenters. The van der Waals surface area contributed by atoms with Gasteiger partial charge in [-0.2, -0.15) is 0 Å². The Morgan fingerprint density at radius 1 is 1.22 bits per heavy atom. The summed E-state index contributed by atoms with van der Waals surface area (Å²) in [5.41, 5.74) is 0. The van der Waals surface area contributed by atoms with E-state index in [1.165, 1.54) is 7.11 Å². The van der Waals surface area contributed by atoms with E-state index in [4.69, 9.17) is 9.84 Å². The third-order valence-electron chi connectivity index (χ3n) is 4.18. The maximum Gasteiger partial charge on any atom is 0.328 e. The Bertz CT molecular complexity index is 510. The van der Waals surface area contributed by atoms with Gasteiger partial charge >= 0.3 is 5.97 Å². The molecule has 0 heterocycles. The highest BCUT2D eigenvalue weighted by atomic mass is 32.2. The minimum atomic E-state index is -3.65. The molecule has 1 fully saturated rings. The van der Waals surface area contributed by atoms with E-state index in [-0.39, 0.29) is 6.61 Å². The number of hydrogen-bond acceptors (Lipinski definition) is 5. The van der Waals surface area contributed by atoms with Crippen LogP contribution in [0.15, 0.2) is 0 Å². The maximum absolute atomic E-state index is 12.8. The molecule has 134 valence electrons. The fourth-order valence-electron chi connectivity index (χ4n) is 3.03. The molecule has 0 radical (unpaired) electrons. The molecule has 0 aromatic carbocycles. The highest BCUT2D eigenvalue weighted by Crippen LogP contribution is 2.29. The van der Waals surface area contributed by atoms with E-state index in [9.17, 15) is 18.0 Å². The molecule has 1 aliphatic carbocycles. The van der Waals surface area contributed by atoms with Gasteiger partial charge in [-0.3, -0.25) is 4.79 Å². The first-order valence-corrected chi connectivity index (χ1v) is 9.57. The van der Waals surface area contributed by atoms with Gasteiger partial charge in [0.25, 0.3) is 0 Å². The molecule has 0 aliphatic heterocycles. The van der Waals surface area contributed by atoms with Crippen LogP contribution < -0.4 is 5.32 Å². The molecule has 0 aromatic heterocycles. The Kier molecular flexibility index (Phi) is 7.47. The van der Waals surface area contributed by atoms with Crippen molar-refractivity contribution in [3.8, 4) is 0 Å². The van der Waals surface area contributed by atoms with Crippen molar-refractivity contribution in [2.45, 2.75) is 62.5 Å². The van der Waals surface area contributed by atoms with Gasteiger partial charge in [-0.15, -0.1) is 0 Å². The van der Waals surface area contributed by atoms with E-state index in [0.717, 1.165) is 19.3 Å². The van der Waals surface area contributed by atoms with Crippen LogP contribution in [-0.4, -0.2) is 55.7 Å². The van der Waals surface area contributed by atoms with Crippen LogP contribution in [0.25, 0.3) is 0 Å². The van der Waals surface area contributed by atoms with Crippen LogP contribution in [0.4, 0.5) is 0 Å². The Morgan fingerprint density at radius 3 is 2.22 bits per heavy atom. The number of carbonyl (C=O) groups excluding carboxylic acids is 1. The van der Waals surface area contributed by atoms with Crippen molar-refractivity contribution < 1.29 is 27.9 Å². The number of ether oxygens (including phenoxy) is 1. The fourth-order valence-corrected chi connectivity index (χ4v) is 5.56. The zero-order valence-corrected chi connectivity index (χ0v) is 14.8. The van der Waals surface area contributed by atoms with E-state index in [0.29, 0.717) is 12.8 Å². The first-order chi connectivity index (χ1) is 10.7. The van der Waals surface area contributed by atoms with Crippen molar-refractivity contribution in [3.05, 3.63) is 0 Å². The zero-order valence-electron chi connectivity index (χ0n) is 13.9. The van der Waals surface area contributed by atoms with Crippen molar-refractivity contribution in [3.63, 3.8) is 0 Å². The summed E-state index contributed by atoms with van der Waals surface area (Å²) in [5, 5.41) is 9.64. The zero-order chi connectivity index (χ0) is 17.6. The number of carbonyl (C=O) groups is 2. The SMILES string of the molecule is COCC(NC(=O)C(C(C)C)S(=O)(=O)C1CCCCC1)C(=O)O. The number of rotatable bonds is 8. The summed E-state index contributed by atoms with van der Waals surface area (Å²) in [7, 11) is -2.33. The molecule has 0 bridgehead atoms. The second-order valence-corrected chi connectivity index (χ2v) is 8.72. The molecular weight excluding hydrogens is 322 g/mol. The molecule has 23 heavy (non-hydrogen) atoms. The second kappa shape index (κ2) is 8.63. The highest BCUT2D eigenvalue weighted by Gasteiger charge is 2.42. The lowest BCUT2D eigenvalue weighted by Gasteiger charge is -2.29. The highest BCUT2D eigenvalue weighted by molar-refractivity contribution is 7.93. The minimum absolute atomic E-state index is 0.213. The van der Waals surface area contributed by atoms with E-state index < -0.39 is 44.2 Å². The van der Waals surface area contributed by atoms with Crippen LogP contribution in [-0.2, 0) is 24.2 Å². The summed E-state index contributed by atoms with van der Waals surface area (Å²) >= 11 is 0. The van der Waals surface area contributed by atoms with E-state index in [2.05, 4.69) is 5.32 Å². The molecule has 7 nitrogen and oxygen atoms in total. The summed E-state index contributed by atoms with van der Waals surface area (Å²) in [4.78, 5) is 23.6. The average molecular weight is 349 g/mol. The van der Waals surface area contributed by atoms with Gasteiger partial charge in [-0.25, -0.2) is 13.2 Å². The predicted octanol–water partition coefficient (Wildman–Crippen LogP) is 0.974.